The van der Waals surface area contributed by atoms with E-state index >= 15 is 0 Å². The zero-order chi connectivity index (χ0) is 12.1. The van der Waals surface area contributed by atoms with Crippen molar-refractivity contribution in [3.8, 4) is 0 Å². The molecule has 1 aliphatic carbocycles. The summed E-state index contributed by atoms with van der Waals surface area (Å²) in [7, 11) is 0. The molecule has 0 spiro atoms. The van der Waals surface area contributed by atoms with E-state index in [-0.39, 0.29) is 12.1 Å². The van der Waals surface area contributed by atoms with Crippen molar-refractivity contribution in [1.82, 2.24) is 0 Å². The van der Waals surface area contributed by atoms with Gasteiger partial charge in [-0.2, -0.15) is 0 Å². The number of rotatable bonds is 4. The van der Waals surface area contributed by atoms with Gasteiger partial charge < -0.3 is 10.5 Å². The Morgan fingerprint density at radius 2 is 1.88 bits per heavy atom. The standard InChI is InChI=1S/C13H25NO2/c1-4-5-12(14)13(15)16-11-7-9(2)6-10(3)8-11/h9-12H,4-8,14H2,1-3H3/t9?,10?,11?,12-/m0/s1. The van der Waals surface area contributed by atoms with Gasteiger partial charge in [0.1, 0.15) is 12.1 Å². The summed E-state index contributed by atoms with van der Waals surface area (Å²) in [6, 6.07) is -0.433. The second kappa shape index (κ2) is 6.24. The van der Waals surface area contributed by atoms with E-state index in [9.17, 15) is 4.79 Å². The highest BCUT2D eigenvalue weighted by Crippen LogP contribution is 2.30. The number of ether oxygens (including phenoxy) is 1. The highest BCUT2D eigenvalue weighted by Gasteiger charge is 2.27. The van der Waals surface area contributed by atoms with Crippen molar-refractivity contribution in [1.29, 1.82) is 0 Å². The Kier molecular flexibility index (Phi) is 5.26. The second-order valence-corrected chi connectivity index (χ2v) is 5.37. The van der Waals surface area contributed by atoms with Gasteiger partial charge in [-0.3, -0.25) is 4.79 Å². The fourth-order valence-corrected chi connectivity index (χ4v) is 2.65. The number of carbonyl (C=O) groups is 1. The summed E-state index contributed by atoms with van der Waals surface area (Å²) >= 11 is 0. The van der Waals surface area contributed by atoms with E-state index in [0.717, 1.165) is 25.7 Å². The minimum Gasteiger partial charge on any atom is -0.461 e. The first-order chi connectivity index (χ1) is 7.52. The van der Waals surface area contributed by atoms with Gasteiger partial charge in [-0.15, -0.1) is 0 Å². The molecule has 2 unspecified atom stereocenters. The summed E-state index contributed by atoms with van der Waals surface area (Å²) in [6.45, 7) is 6.48. The van der Waals surface area contributed by atoms with E-state index in [1.807, 2.05) is 6.92 Å². The lowest BCUT2D eigenvalue weighted by molar-refractivity contribution is -0.153. The minimum atomic E-state index is -0.433. The monoisotopic (exact) mass is 227 g/mol. The predicted octanol–water partition coefficient (Wildman–Crippen LogP) is 2.48. The summed E-state index contributed by atoms with van der Waals surface area (Å²) in [6.07, 6.45) is 4.97. The third kappa shape index (κ3) is 4.12. The van der Waals surface area contributed by atoms with Gasteiger partial charge in [-0.25, -0.2) is 0 Å². The summed E-state index contributed by atoms with van der Waals surface area (Å²) in [4.78, 5) is 11.7. The normalized spacial score (nSPS) is 32.1. The third-order valence-corrected chi connectivity index (χ3v) is 3.32. The fraction of sp³-hybridized carbons (Fsp3) is 0.923. The molecule has 1 saturated carbocycles. The molecule has 0 radical (unpaired) electrons. The molecule has 3 nitrogen and oxygen atoms in total. The maximum absolute atomic E-state index is 11.7. The topological polar surface area (TPSA) is 52.3 Å². The first-order valence-corrected chi connectivity index (χ1v) is 6.49. The van der Waals surface area contributed by atoms with Crippen molar-refractivity contribution >= 4 is 5.97 Å². The first-order valence-electron chi connectivity index (χ1n) is 6.49. The van der Waals surface area contributed by atoms with Gasteiger partial charge in [0, 0.05) is 0 Å². The molecule has 1 fully saturated rings. The molecular weight excluding hydrogens is 202 g/mol. The van der Waals surface area contributed by atoms with Crippen LogP contribution in [0.4, 0.5) is 0 Å². The second-order valence-electron chi connectivity index (χ2n) is 5.37. The van der Waals surface area contributed by atoms with E-state index in [1.165, 1.54) is 6.42 Å². The molecule has 16 heavy (non-hydrogen) atoms. The van der Waals surface area contributed by atoms with Gasteiger partial charge in [0.05, 0.1) is 0 Å². The number of carbonyl (C=O) groups excluding carboxylic acids is 1. The lowest BCUT2D eigenvalue weighted by Crippen LogP contribution is -2.37. The van der Waals surface area contributed by atoms with Gasteiger partial charge in [0.25, 0.3) is 0 Å². The highest BCUT2D eigenvalue weighted by atomic mass is 16.5. The molecule has 3 atom stereocenters. The van der Waals surface area contributed by atoms with Gasteiger partial charge in [0.2, 0.25) is 0 Å². The zero-order valence-electron chi connectivity index (χ0n) is 10.7. The average molecular weight is 227 g/mol. The van der Waals surface area contributed by atoms with Gasteiger partial charge in [0.15, 0.2) is 0 Å². The number of hydrogen-bond acceptors (Lipinski definition) is 3. The van der Waals surface area contributed by atoms with E-state index in [2.05, 4.69) is 13.8 Å². The number of nitrogens with two attached hydrogens (primary N) is 1. The van der Waals surface area contributed by atoms with Gasteiger partial charge >= 0.3 is 5.97 Å². The van der Waals surface area contributed by atoms with Crippen LogP contribution >= 0.6 is 0 Å². The maximum Gasteiger partial charge on any atom is 0.323 e. The largest absolute Gasteiger partial charge is 0.461 e. The van der Waals surface area contributed by atoms with Crippen molar-refractivity contribution in [2.24, 2.45) is 17.6 Å². The first kappa shape index (κ1) is 13.5. The Hall–Kier alpha value is -0.570. The van der Waals surface area contributed by atoms with Crippen LogP contribution in [0, 0.1) is 11.8 Å². The molecule has 0 heterocycles. The van der Waals surface area contributed by atoms with Crippen LogP contribution < -0.4 is 5.73 Å². The highest BCUT2D eigenvalue weighted by molar-refractivity contribution is 5.75. The molecule has 0 amide bonds. The molecule has 0 aromatic rings. The summed E-state index contributed by atoms with van der Waals surface area (Å²) in [5.41, 5.74) is 5.74. The number of hydrogen-bond donors (Lipinski definition) is 1. The molecule has 0 saturated heterocycles. The van der Waals surface area contributed by atoms with E-state index in [4.69, 9.17) is 10.5 Å². The van der Waals surface area contributed by atoms with Crippen molar-refractivity contribution in [3.63, 3.8) is 0 Å². The zero-order valence-corrected chi connectivity index (χ0v) is 10.7. The summed E-state index contributed by atoms with van der Waals surface area (Å²) in [5, 5.41) is 0. The van der Waals surface area contributed by atoms with Crippen LogP contribution in [0.25, 0.3) is 0 Å². The van der Waals surface area contributed by atoms with Crippen molar-refractivity contribution in [3.05, 3.63) is 0 Å². The summed E-state index contributed by atoms with van der Waals surface area (Å²) in [5.74, 6) is 1.10. The Morgan fingerprint density at radius 1 is 1.31 bits per heavy atom. The molecule has 94 valence electrons. The third-order valence-electron chi connectivity index (χ3n) is 3.32. The van der Waals surface area contributed by atoms with Crippen molar-refractivity contribution in [2.45, 2.75) is 65.0 Å². The van der Waals surface area contributed by atoms with Crippen LogP contribution in [-0.4, -0.2) is 18.1 Å². The van der Waals surface area contributed by atoms with E-state index in [0.29, 0.717) is 11.8 Å². The van der Waals surface area contributed by atoms with Crippen molar-refractivity contribution in [2.75, 3.05) is 0 Å². The quantitative estimate of drug-likeness (QED) is 0.751. The Morgan fingerprint density at radius 3 is 2.38 bits per heavy atom. The lowest BCUT2D eigenvalue weighted by Gasteiger charge is -2.31. The summed E-state index contributed by atoms with van der Waals surface area (Å²) < 4.78 is 5.48. The number of esters is 1. The molecule has 1 rings (SSSR count). The molecular formula is C13H25NO2. The van der Waals surface area contributed by atoms with E-state index < -0.39 is 6.04 Å². The van der Waals surface area contributed by atoms with Crippen LogP contribution in [0.2, 0.25) is 0 Å². The molecule has 0 bridgehead atoms. The molecule has 2 N–H and O–H groups in total. The van der Waals surface area contributed by atoms with Crippen LogP contribution in [0.3, 0.4) is 0 Å². The minimum absolute atomic E-state index is 0.0918. The van der Waals surface area contributed by atoms with E-state index in [1.54, 1.807) is 0 Å². The average Bonchev–Trinajstić information content (AvgIpc) is 2.16. The van der Waals surface area contributed by atoms with Gasteiger partial charge in [-0.05, 0) is 37.5 Å². The van der Waals surface area contributed by atoms with Crippen LogP contribution in [0.15, 0.2) is 0 Å². The molecule has 0 aliphatic heterocycles. The molecule has 1 aliphatic rings. The fourth-order valence-electron chi connectivity index (χ4n) is 2.65. The Labute approximate surface area is 98.7 Å². The van der Waals surface area contributed by atoms with Crippen LogP contribution in [-0.2, 0) is 9.53 Å². The molecule has 0 aromatic heterocycles. The molecule has 3 heteroatoms. The van der Waals surface area contributed by atoms with Gasteiger partial charge in [-0.1, -0.05) is 27.2 Å². The molecule has 0 aromatic carbocycles. The van der Waals surface area contributed by atoms with Crippen molar-refractivity contribution < 1.29 is 9.53 Å². The van der Waals surface area contributed by atoms with Crippen LogP contribution in [0.1, 0.15) is 52.9 Å². The smallest absolute Gasteiger partial charge is 0.323 e. The lowest BCUT2D eigenvalue weighted by atomic mass is 9.82. The predicted molar refractivity (Wildman–Crippen MR) is 64.9 cm³/mol. The maximum atomic E-state index is 11.7. The Balaban J connectivity index is 2.38. The Bertz CT molecular complexity index is 220. The van der Waals surface area contributed by atoms with Crippen LogP contribution in [0.5, 0.6) is 0 Å². The SMILES string of the molecule is CCC[C@H](N)C(=O)OC1CC(C)CC(C)C1.